The van der Waals surface area contributed by atoms with Crippen molar-refractivity contribution in [2.24, 2.45) is 0 Å². The Hall–Kier alpha value is -2.38. The fourth-order valence-corrected chi connectivity index (χ4v) is 4.75. The van der Waals surface area contributed by atoms with Gasteiger partial charge in [-0.05, 0) is 35.1 Å². The van der Waals surface area contributed by atoms with Crippen LogP contribution in [0.1, 0.15) is 29.9 Å². The SMILES string of the molecule is CS(=O)(=O)OC1CCN(C(=O)OCC2c3ccccc3-c3ccccc32)CC1. The minimum Gasteiger partial charge on any atom is -0.448 e. The van der Waals surface area contributed by atoms with Gasteiger partial charge in [-0.15, -0.1) is 0 Å². The molecule has 0 radical (unpaired) electrons. The van der Waals surface area contributed by atoms with E-state index in [0.29, 0.717) is 25.9 Å². The van der Waals surface area contributed by atoms with Crippen LogP contribution >= 0.6 is 0 Å². The Balaban J connectivity index is 1.38. The molecule has 148 valence electrons. The molecule has 0 N–H and O–H groups in total. The molecule has 4 rings (SSSR count). The fraction of sp³-hybridized carbons (Fsp3) is 0.381. The van der Waals surface area contributed by atoms with E-state index in [1.807, 2.05) is 24.3 Å². The van der Waals surface area contributed by atoms with Gasteiger partial charge in [-0.3, -0.25) is 4.18 Å². The maximum Gasteiger partial charge on any atom is 0.409 e. The number of fused-ring (bicyclic) bond motifs is 3. The minimum absolute atomic E-state index is 0.0301. The van der Waals surface area contributed by atoms with E-state index in [9.17, 15) is 13.2 Å². The number of benzene rings is 2. The van der Waals surface area contributed by atoms with Gasteiger partial charge in [0.05, 0.1) is 12.4 Å². The number of nitrogens with zero attached hydrogens (tertiary/aromatic N) is 1. The molecule has 2 aliphatic rings. The molecule has 2 aromatic carbocycles. The van der Waals surface area contributed by atoms with Crippen LogP contribution in [0.5, 0.6) is 0 Å². The molecule has 0 atom stereocenters. The van der Waals surface area contributed by atoms with Crippen molar-refractivity contribution in [3.05, 3.63) is 59.7 Å². The van der Waals surface area contributed by atoms with Crippen LogP contribution in [0, 0.1) is 0 Å². The lowest BCUT2D eigenvalue weighted by Gasteiger charge is -2.30. The second-order valence-corrected chi connectivity index (χ2v) is 8.89. The van der Waals surface area contributed by atoms with Crippen molar-refractivity contribution in [3.63, 3.8) is 0 Å². The number of amides is 1. The molecule has 6 nitrogen and oxygen atoms in total. The lowest BCUT2D eigenvalue weighted by Crippen LogP contribution is -2.42. The molecule has 1 heterocycles. The normalized spacial score (nSPS) is 17.2. The maximum absolute atomic E-state index is 12.5. The summed E-state index contributed by atoms with van der Waals surface area (Å²) in [5.41, 5.74) is 4.74. The molecule has 0 saturated carbocycles. The highest BCUT2D eigenvalue weighted by molar-refractivity contribution is 7.86. The Kier molecular flexibility index (Phi) is 5.12. The molecule has 7 heteroatoms. The summed E-state index contributed by atoms with van der Waals surface area (Å²) in [4.78, 5) is 14.1. The van der Waals surface area contributed by atoms with E-state index in [0.717, 1.165) is 6.26 Å². The minimum atomic E-state index is -3.47. The average molecular weight is 401 g/mol. The summed E-state index contributed by atoms with van der Waals surface area (Å²) >= 11 is 0. The number of hydrogen-bond donors (Lipinski definition) is 0. The number of rotatable bonds is 4. The highest BCUT2D eigenvalue weighted by atomic mass is 32.2. The fourth-order valence-electron chi connectivity index (χ4n) is 4.07. The largest absolute Gasteiger partial charge is 0.448 e. The van der Waals surface area contributed by atoms with Gasteiger partial charge in [-0.25, -0.2) is 4.79 Å². The summed E-state index contributed by atoms with van der Waals surface area (Å²) < 4.78 is 33.1. The maximum atomic E-state index is 12.5. The Bertz CT molecular complexity index is 934. The van der Waals surface area contributed by atoms with Crippen molar-refractivity contribution >= 4 is 16.2 Å². The average Bonchev–Trinajstić information content (AvgIpc) is 2.99. The summed E-state index contributed by atoms with van der Waals surface area (Å²) in [6.45, 7) is 1.14. The lowest BCUT2D eigenvalue weighted by molar-refractivity contribution is 0.0686. The molecule has 1 aliphatic heterocycles. The molecule has 2 aromatic rings. The molecular formula is C21H23NO5S. The van der Waals surface area contributed by atoms with Gasteiger partial charge < -0.3 is 9.64 Å². The highest BCUT2D eigenvalue weighted by Crippen LogP contribution is 2.44. The van der Waals surface area contributed by atoms with Crippen LogP contribution in [0.2, 0.25) is 0 Å². The Morgan fingerprint density at radius 2 is 1.54 bits per heavy atom. The van der Waals surface area contributed by atoms with Gasteiger partial charge in [0.2, 0.25) is 0 Å². The molecule has 1 saturated heterocycles. The molecule has 1 aliphatic carbocycles. The molecule has 1 fully saturated rings. The Morgan fingerprint density at radius 3 is 2.07 bits per heavy atom. The van der Waals surface area contributed by atoms with Crippen LogP contribution in [0.4, 0.5) is 4.79 Å². The van der Waals surface area contributed by atoms with Gasteiger partial charge in [0.1, 0.15) is 6.61 Å². The lowest BCUT2D eigenvalue weighted by atomic mass is 9.98. The first-order valence-electron chi connectivity index (χ1n) is 9.40. The Labute approximate surface area is 165 Å². The van der Waals surface area contributed by atoms with Crippen molar-refractivity contribution in [2.75, 3.05) is 26.0 Å². The van der Waals surface area contributed by atoms with Crippen molar-refractivity contribution in [1.29, 1.82) is 0 Å². The monoisotopic (exact) mass is 401 g/mol. The first-order valence-corrected chi connectivity index (χ1v) is 11.2. The van der Waals surface area contributed by atoms with Crippen LogP contribution in [-0.2, 0) is 19.0 Å². The number of carbonyl (C=O) groups is 1. The Morgan fingerprint density at radius 1 is 1.00 bits per heavy atom. The van der Waals surface area contributed by atoms with E-state index in [-0.39, 0.29) is 24.7 Å². The molecule has 0 bridgehead atoms. The van der Waals surface area contributed by atoms with Crippen LogP contribution in [0.3, 0.4) is 0 Å². The van der Waals surface area contributed by atoms with E-state index in [4.69, 9.17) is 8.92 Å². The van der Waals surface area contributed by atoms with E-state index in [1.54, 1.807) is 4.90 Å². The second kappa shape index (κ2) is 7.56. The standard InChI is InChI=1S/C21H23NO5S/c1-28(24,25)27-15-10-12-22(13-11-15)21(23)26-14-20-18-8-4-2-6-16(18)17-7-3-5-9-19(17)20/h2-9,15,20H,10-14H2,1H3. The van der Waals surface area contributed by atoms with Gasteiger partial charge in [0.25, 0.3) is 10.1 Å². The highest BCUT2D eigenvalue weighted by Gasteiger charge is 2.31. The van der Waals surface area contributed by atoms with E-state index >= 15 is 0 Å². The third-order valence-corrected chi connectivity index (χ3v) is 5.97. The van der Waals surface area contributed by atoms with Crippen LogP contribution < -0.4 is 0 Å². The number of carbonyl (C=O) groups excluding carboxylic acids is 1. The molecule has 0 spiro atoms. The first kappa shape index (κ1) is 19.0. The summed E-state index contributed by atoms with van der Waals surface area (Å²) in [5, 5.41) is 0. The molecule has 0 aromatic heterocycles. The molecule has 0 unspecified atom stereocenters. The van der Waals surface area contributed by atoms with Crippen molar-refractivity contribution in [1.82, 2.24) is 4.90 Å². The number of piperidine rings is 1. The summed E-state index contributed by atoms with van der Waals surface area (Å²) in [6.07, 6.45) is 1.28. The summed E-state index contributed by atoms with van der Waals surface area (Å²) in [5.74, 6) is 0.0301. The van der Waals surface area contributed by atoms with Gasteiger partial charge in [0, 0.05) is 19.0 Å². The zero-order valence-corrected chi connectivity index (χ0v) is 16.5. The van der Waals surface area contributed by atoms with Crippen LogP contribution in [0.25, 0.3) is 11.1 Å². The van der Waals surface area contributed by atoms with Gasteiger partial charge in [0.15, 0.2) is 0 Å². The van der Waals surface area contributed by atoms with Gasteiger partial charge >= 0.3 is 6.09 Å². The molecular weight excluding hydrogens is 378 g/mol. The van der Waals surface area contributed by atoms with Gasteiger partial charge in [-0.2, -0.15) is 8.42 Å². The summed E-state index contributed by atoms with van der Waals surface area (Å²) in [6, 6.07) is 16.4. The van der Waals surface area contributed by atoms with E-state index in [2.05, 4.69) is 24.3 Å². The zero-order valence-electron chi connectivity index (χ0n) is 15.7. The number of likely N-dealkylation sites (tertiary alicyclic amines) is 1. The topological polar surface area (TPSA) is 72.9 Å². The number of hydrogen-bond acceptors (Lipinski definition) is 5. The number of ether oxygens (including phenoxy) is 1. The smallest absolute Gasteiger partial charge is 0.409 e. The zero-order chi connectivity index (χ0) is 19.7. The van der Waals surface area contributed by atoms with Crippen molar-refractivity contribution in [2.45, 2.75) is 24.9 Å². The van der Waals surface area contributed by atoms with Crippen molar-refractivity contribution in [3.8, 4) is 11.1 Å². The van der Waals surface area contributed by atoms with E-state index in [1.165, 1.54) is 22.3 Å². The second-order valence-electron chi connectivity index (χ2n) is 7.29. The molecule has 1 amide bonds. The third kappa shape index (κ3) is 3.91. The molecule has 28 heavy (non-hydrogen) atoms. The van der Waals surface area contributed by atoms with E-state index < -0.39 is 10.1 Å². The predicted molar refractivity (Wildman–Crippen MR) is 106 cm³/mol. The predicted octanol–water partition coefficient (Wildman–Crippen LogP) is 3.38. The van der Waals surface area contributed by atoms with Crippen LogP contribution in [0.15, 0.2) is 48.5 Å². The van der Waals surface area contributed by atoms with Crippen molar-refractivity contribution < 1.29 is 22.1 Å². The quantitative estimate of drug-likeness (QED) is 0.735. The first-order chi connectivity index (χ1) is 13.4. The van der Waals surface area contributed by atoms with Crippen LogP contribution in [-0.4, -0.2) is 51.5 Å². The van der Waals surface area contributed by atoms with Gasteiger partial charge in [-0.1, -0.05) is 48.5 Å². The summed E-state index contributed by atoms with van der Waals surface area (Å²) in [7, 11) is -3.47. The third-order valence-electron chi connectivity index (χ3n) is 5.35.